The summed E-state index contributed by atoms with van der Waals surface area (Å²) in [6.45, 7) is 7.30. The van der Waals surface area contributed by atoms with Gasteiger partial charge < -0.3 is 10.0 Å². The largest absolute Gasteiger partial charge is 0.481 e. The Balaban J connectivity index is 2.61. The minimum Gasteiger partial charge on any atom is -0.481 e. The predicted molar refractivity (Wildman–Crippen MR) is 75.3 cm³/mol. The summed E-state index contributed by atoms with van der Waals surface area (Å²) >= 11 is 0. The van der Waals surface area contributed by atoms with E-state index in [1.807, 2.05) is 25.5 Å². The van der Waals surface area contributed by atoms with Gasteiger partial charge in [0.15, 0.2) is 0 Å². The normalized spacial score (nSPS) is 10.6. The second kappa shape index (κ2) is 7.07. The van der Waals surface area contributed by atoms with Gasteiger partial charge in [-0.15, -0.1) is 0 Å². The molecule has 20 heavy (non-hydrogen) atoms. The van der Waals surface area contributed by atoms with E-state index in [1.54, 1.807) is 11.9 Å². The van der Waals surface area contributed by atoms with Crippen molar-refractivity contribution >= 4 is 11.9 Å². The Kier molecular flexibility index (Phi) is 5.73. The quantitative estimate of drug-likeness (QED) is 0.826. The third-order valence-corrected chi connectivity index (χ3v) is 3.43. The van der Waals surface area contributed by atoms with E-state index in [9.17, 15) is 9.59 Å². The van der Waals surface area contributed by atoms with Gasteiger partial charge in [0, 0.05) is 44.2 Å². The first-order chi connectivity index (χ1) is 9.36. The van der Waals surface area contributed by atoms with Crippen LogP contribution in [0.25, 0.3) is 0 Å². The van der Waals surface area contributed by atoms with Gasteiger partial charge in [-0.05, 0) is 27.2 Å². The van der Waals surface area contributed by atoms with E-state index >= 15 is 0 Å². The summed E-state index contributed by atoms with van der Waals surface area (Å²) in [6, 6.07) is 0. The zero-order chi connectivity index (χ0) is 15.3. The monoisotopic (exact) mass is 281 g/mol. The lowest BCUT2D eigenvalue weighted by atomic mass is 10.1. The molecular formula is C14H23N3O3. The number of carboxylic acid groups (broad SMARTS) is 1. The molecule has 0 aromatic carbocycles. The van der Waals surface area contributed by atoms with E-state index in [0.717, 1.165) is 23.5 Å². The molecule has 0 aliphatic rings. The fourth-order valence-corrected chi connectivity index (χ4v) is 2.18. The van der Waals surface area contributed by atoms with Gasteiger partial charge in [-0.3, -0.25) is 14.3 Å². The van der Waals surface area contributed by atoms with Crippen LogP contribution in [0.5, 0.6) is 0 Å². The van der Waals surface area contributed by atoms with Gasteiger partial charge in [-0.1, -0.05) is 0 Å². The second-order valence-electron chi connectivity index (χ2n) is 4.96. The highest BCUT2D eigenvalue weighted by Gasteiger charge is 2.16. The maximum atomic E-state index is 11.9. The van der Waals surface area contributed by atoms with Crippen LogP contribution in [0.4, 0.5) is 0 Å². The summed E-state index contributed by atoms with van der Waals surface area (Å²) in [5.74, 6) is -0.898. The van der Waals surface area contributed by atoms with Gasteiger partial charge in [0.05, 0.1) is 5.69 Å². The van der Waals surface area contributed by atoms with Crippen LogP contribution in [0.2, 0.25) is 0 Å². The molecule has 0 saturated carbocycles. The first-order valence-electron chi connectivity index (χ1n) is 6.85. The number of hydrogen-bond donors (Lipinski definition) is 1. The molecule has 1 aromatic rings. The SMILES string of the molecule is CCn1nc(C)c(CN(C)C(=O)CCCC(=O)O)c1C. The number of hydrogen-bond acceptors (Lipinski definition) is 3. The molecule has 112 valence electrons. The molecule has 1 N–H and O–H groups in total. The standard InChI is InChI=1S/C14H23N3O3/c1-5-17-11(3)12(10(2)15-17)9-16(4)13(18)7-6-8-14(19)20/h5-9H2,1-4H3,(H,19,20). The zero-order valence-corrected chi connectivity index (χ0v) is 12.6. The number of carboxylic acids is 1. The van der Waals surface area contributed by atoms with Crippen LogP contribution >= 0.6 is 0 Å². The van der Waals surface area contributed by atoms with Crippen LogP contribution in [-0.2, 0) is 22.7 Å². The maximum absolute atomic E-state index is 11.9. The minimum atomic E-state index is -0.864. The molecule has 0 spiro atoms. The van der Waals surface area contributed by atoms with Gasteiger partial charge in [0.2, 0.25) is 5.91 Å². The summed E-state index contributed by atoms with van der Waals surface area (Å²) in [7, 11) is 1.74. The molecule has 0 fully saturated rings. The van der Waals surface area contributed by atoms with Gasteiger partial charge in [-0.2, -0.15) is 5.10 Å². The Morgan fingerprint density at radius 3 is 2.45 bits per heavy atom. The Morgan fingerprint density at radius 1 is 1.30 bits per heavy atom. The third-order valence-electron chi connectivity index (χ3n) is 3.43. The smallest absolute Gasteiger partial charge is 0.303 e. The van der Waals surface area contributed by atoms with Gasteiger partial charge in [0.25, 0.3) is 0 Å². The van der Waals surface area contributed by atoms with Crippen molar-refractivity contribution in [3.63, 3.8) is 0 Å². The molecule has 6 nitrogen and oxygen atoms in total. The molecule has 1 amide bonds. The highest BCUT2D eigenvalue weighted by molar-refractivity contribution is 5.76. The minimum absolute atomic E-state index is 0.0331. The van der Waals surface area contributed by atoms with E-state index in [0.29, 0.717) is 13.0 Å². The fraction of sp³-hybridized carbons (Fsp3) is 0.643. The summed E-state index contributed by atoms with van der Waals surface area (Å²) < 4.78 is 1.92. The molecule has 0 bridgehead atoms. The van der Waals surface area contributed by atoms with Gasteiger partial charge in [0.1, 0.15) is 0 Å². The fourth-order valence-electron chi connectivity index (χ4n) is 2.18. The van der Waals surface area contributed by atoms with Crippen molar-refractivity contribution in [1.82, 2.24) is 14.7 Å². The lowest BCUT2D eigenvalue weighted by Gasteiger charge is -2.17. The molecule has 1 rings (SSSR count). The molecule has 1 heterocycles. The van der Waals surface area contributed by atoms with Crippen LogP contribution < -0.4 is 0 Å². The van der Waals surface area contributed by atoms with E-state index in [4.69, 9.17) is 5.11 Å². The summed E-state index contributed by atoms with van der Waals surface area (Å²) in [5, 5.41) is 13.0. The number of amides is 1. The third kappa shape index (κ3) is 4.08. The zero-order valence-electron chi connectivity index (χ0n) is 12.6. The van der Waals surface area contributed by atoms with Crippen molar-refractivity contribution in [3.05, 3.63) is 17.0 Å². The number of aromatic nitrogens is 2. The first kappa shape index (κ1) is 16.2. The Labute approximate surface area is 119 Å². The molecule has 1 aromatic heterocycles. The highest BCUT2D eigenvalue weighted by atomic mass is 16.4. The average molecular weight is 281 g/mol. The van der Waals surface area contributed by atoms with Crippen LogP contribution in [0, 0.1) is 13.8 Å². The van der Waals surface area contributed by atoms with Crippen molar-refractivity contribution in [2.24, 2.45) is 0 Å². The summed E-state index contributed by atoms with van der Waals surface area (Å²) in [5.41, 5.74) is 3.09. The van der Waals surface area contributed by atoms with Crippen molar-refractivity contribution in [2.75, 3.05) is 7.05 Å². The molecule has 0 unspecified atom stereocenters. The average Bonchev–Trinajstić information content (AvgIpc) is 2.65. The van der Waals surface area contributed by atoms with Crippen molar-refractivity contribution in [3.8, 4) is 0 Å². The van der Waals surface area contributed by atoms with Crippen LogP contribution in [0.15, 0.2) is 0 Å². The Bertz CT molecular complexity index is 494. The van der Waals surface area contributed by atoms with Crippen molar-refractivity contribution in [2.45, 2.75) is 53.1 Å². The number of aryl methyl sites for hydroxylation is 2. The van der Waals surface area contributed by atoms with Gasteiger partial charge in [-0.25, -0.2) is 0 Å². The van der Waals surface area contributed by atoms with E-state index in [1.165, 1.54) is 0 Å². The Hall–Kier alpha value is -1.85. The lowest BCUT2D eigenvalue weighted by Crippen LogP contribution is -2.26. The molecule has 0 aliphatic carbocycles. The van der Waals surface area contributed by atoms with Crippen LogP contribution in [-0.4, -0.2) is 38.7 Å². The van der Waals surface area contributed by atoms with E-state index in [2.05, 4.69) is 5.10 Å². The predicted octanol–water partition coefficient (Wildman–Crippen LogP) is 1.73. The maximum Gasteiger partial charge on any atom is 0.303 e. The topological polar surface area (TPSA) is 75.4 Å². The van der Waals surface area contributed by atoms with E-state index in [-0.39, 0.29) is 18.7 Å². The first-order valence-corrected chi connectivity index (χ1v) is 6.85. The van der Waals surface area contributed by atoms with E-state index < -0.39 is 5.97 Å². The summed E-state index contributed by atoms with van der Waals surface area (Å²) in [4.78, 5) is 24.0. The number of nitrogens with zero attached hydrogens (tertiary/aromatic N) is 3. The molecule has 6 heteroatoms. The van der Waals surface area contributed by atoms with Gasteiger partial charge >= 0.3 is 5.97 Å². The molecule has 0 radical (unpaired) electrons. The molecule has 0 aliphatic heterocycles. The Morgan fingerprint density at radius 2 is 1.95 bits per heavy atom. The van der Waals surface area contributed by atoms with Crippen LogP contribution in [0.1, 0.15) is 43.1 Å². The molecule has 0 saturated heterocycles. The highest BCUT2D eigenvalue weighted by Crippen LogP contribution is 2.15. The lowest BCUT2D eigenvalue weighted by molar-refractivity contribution is -0.137. The summed E-state index contributed by atoms with van der Waals surface area (Å²) in [6.07, 6.45) is 0.679. The number of carbonyl (C=O) groups excluding carboxylic acids is 1. The van der Waals surface area contributed by atoms with Crippen LogP contribution in [0.3, 0.4) is 0 Å². The second-order valence-corrected chi connectivity index (χ2v) is 4.96. The number of carbonyl (C=O) groups is 2. The molecular weight excluding hydrogens is 258 g/mol. The van der Waals surface area contributed by atoms with Crippen molar-refractivity contribution < 1.29 is 14.7 Å². The molecule has 0 atom stereocenters. The van der Waals surface area contributed by atoms with Crippen molar-refractivity contribution in [1.29, 1.82) is 0 Å². The number of aliphatic carboxylic acids is 1. The number of rotatable bonds is 7.